The van der Waals surface area contributed by atoms with E-state index in [9.17, 15) is 18.0 Å². The van der Waals surface area contributed by atoms with Crippen molar-refractivity contribution >= 4 is 5.97 Å². The predicted octanol–water partition coefficient (Wildman–Crippen LogP) is 1.54. The van der Waals surface area contributed by atoms with Crippen LogP contribution in [0.3, 0.4) is 0 Å². The number of aromatic nitrogens is 2. The lowest BCUT2D eigenvalue weighted by atomic mass is 10.4. The van der Waals surface area contributed by atoms with Crippen molar-refractivity contribution in [2.45, 2.75) is 13.2 Å². The summed E-state index contributed by atoms with van der Waals surface area (Å²) in [5.74, 6) is -0.865. The maximum atomic E-state index is 12.0. The van der Waals surface area contributed by atoms with Crippen LogP contribution in [0.2, 0.25) is 0 Å². The van der Waals surface area contributed by atoms with E-state index in [1.54, 1.807) is 6.92 Å². The number of rotatable bonds is 2. The summed E-state index contributed by atoms with van der Waals surface area (Å²) in [6.45, 7) is 1.65. The molecule has 0 unspecified atom stereocenters. The van der Waals surface area contributed by atoms with Crippen LogP contribution in [0, 0.1) is 0 Å². The average Bonchev–Trinajstić information content (AvgIpc) is 2.51. The van der Waals surface area contributed by atoms with Gasteiger partial charge in [-0.2, -0.15) is 9.78 Å². The van der Waals surface area contributed by atoms with E-state index < -0.39 is 12.3 Å². The minimum absolute atomic E-state index is 0.0950. The van der Waals surface area contributed by atoms with Crippen molar-refractivity contribution in [1.82, 2.24) is 9.78 Å². The van der Waals surface area contributed by atoms with Gasteiger partial charge >= 0.3 is 12.3 Å². The normalized spacial score (nSPS) is 11.4. The zero-order chi connectivity index (χ0) is 10.8. The fraction of sp³-hybridized carbons (Fsp3) is 0.429. The van der Waals surface area contributed by atoms with Gasteiger partial charge < -0.3 is 4.74 Å². The number of carbonyl (C=O) groups excluding carboxylic acids is 1. The molecule has 0 saturated heterocycles. The largest absolute Gasteiger partial charge is 0.504 e. The Morgan fingerprint density at radius 1 is 1.64 bits per heavy atom. The van der Waals surface area contributed by atoms with E-state index in [1.807, 2.05) is 0 Å². The molecule has 0 radical (unpaired) electrons. The molecule has 0 aromatic carbocycles. The lowest BCUT2D eigenvalue weighted by Crippen LogP contribution is -2.18. The van der Waals surface area contributed by atoms with Crippen molar-refractivity contribution in [1.29, 1.82) is 0 Å². The first kappa shape index (κ1) is 10.6. The molecule has 78 valence electrons. The predicted molar refractivity (Wildman–Crippen MR) is 39.5 cm³/mol. The van der Waals surface area contributed by atoms with Crippen LogP contribution in [0.4, 0.5) is 13.2 Å². The van der Waals surface area contributed by atoms with Crippen molar-refractivity contribution in [3.8, 4) is 0 Å². The molecule has 7 heteroatoms. The van der Waals surface area contributed by atoms with Crippen LogP contribution in [0.1, 0.15) is 17.4 Å². The quantitative estimate of drug-likeness (QED) is 0.692. The van der Waals surface area contributed by atoms with Crippen molar-refractivity contribution in [3.63, 3.8) is 0 Å². The maximum Gasteiger partial charge on any atom is 0.504 e. The van der Waals surface area contributed by atoms with Gasteiger partial charge in [-0.1, -0.05) is 0 Å². The molecule has 1 rings (SSSR count). The Kier molecular flexibility index (Phi) is 2.78. The first-order chi connectivity index (χ1) is 6.45. The zero-order valence-corrected chi connectivity index (χ0v) is 7.21. The molecule has 0 aliphatic rings. The average molecular weight is 208 g/mol. The van der Waals surface area contributed by atoms with E-state index in [-0.39, 0.29) is 17.0 Å². The molecular formula is C7H7F3N2O2. The van der Waals surface area contributed by atoms with Gasteiger partial charge in [-0.05, 0) is 13.0 Å². The number of ether oxygens (including phenoxy) is 1. The van der Waals surface area contributed by atoms with Gasteiger partial charge in [0.1, 0.15) is 0 Å². The third-order valence-corrected chi connectivity index (χ3v) is 1.33. The Bertz CT molecular complexity index is 332. The van der Waals surface area contributed by atoms with Crippen LogP contribution in [0.15, 0.2) is 12.3 Å². The highest BCUT2D eigenvalue weighted by atomic mass is 19.4. The molecule has 1 aromatic rings. The highest BCUT2D eigenvalue weighted by Gasteiger charge is 2.32. The molecule has 0 bridgehead atoms. The third kappa shape index (κ3) is 2.24. The van der Waals surface area contributed by atoms with Gasteiger partial charge in [0.05, 0.1) is 6.61 Å². The first-order valence-corrected chi connectivity index (χ1v) is 3.75. The number of hydrogen-bond acceptors (Lipinski definition) is 3. The second kappa shape index (κ2) is 3.69. The summed E-state index contributed by atoms with van der Waals surface area (Å²) >= 11 is 0. The fourth-order valence-corrected chi connectivity index (χ4v) is 0.779. The fourth-order valence-electron chi connectivity index (χ4n) is 0.779. The van der Waals surface area contributed by atoms with Crippen LogP contribution in [0.5, 0.6) is 0 Å². The molecule has 0 saturated carbocycles. The monoisotopic (exact) mass is 208 g/mol. The van der Waals surface area contributed by atoms with Crippen molar-refractivity contribution < 1.29 is 22.7 Å². The number of carbonyl (C=O) groups is 1. The lowest BCUT2D eigenvalue weighted by molar-refractivity contribution is -0.212. The Morgan fingerprint density at radius 3 is 2.71 bits per heavy atom. The molecule has 1 heterocycles. The van der Waals surface area contributed by atoms with Gasteiger partial charge in [-0.25, -0.2) is 4.79 Å². The summed E-state index contributed by atoms with van der Waals surface area (Å²) < 4.78 is 40.2. The number of alkyl halides is 3. The first-order valence-electron chi connectivity index (χ1n) is 3.75. The Balaban J connectivity index is 2.83. The second-order valence-corrected chi connectivity index (χ2v) is 2.33. The van der Waals surface area contributed by atoms with Gasteiger partial charge in [-0.3, -0.25) is 0 Å². The molecule has 0 aliphatic heterocycles. The van der Waals surface area contributed by atoms with Crippen molar-refractivity contribution in [2.75, 3.05) is 6.61 Å². The smallest absolute Gasteiger partial charge is 0.461 e. The molecule has 0 N–H and O–H groups in total. The number of esters is 1. The highest BCUT2D eigenvalue weighted by Crippen LogP contribution is 2.20. The van der Waals surface area contributed by atoms with Gasteiger partial charge in [0.15, 0.2) is 5.69 Å². The van der Waals surface area contributed by atoms with Crippen LogP contribution >= 0.6 is 0 Å². The topological polar surface area (TPSA) is 44.1 Å². The second-order valence-electron chi connectivity index (χ2n) is 2.33. The van der Waals surface area contributed by atoms with E-state index in [4.69, 9.17) is 0 Å². The standard InChI is InChI=1S/C7H7F3N2O2/c1-2-14-6(13)5-3-4-12(11-5)7(8,9)10/h3-4H,2H2,1H3. The highest BCUT2D eigenvalue weighted by molar-refractivity contribution is 5.86. The van der Waals surface area contributed by atoms with Crippen molar-refractivity contribution in [2.24, 2.45) is 0 Å². The SMILES string of the molecule is CCOC(=O)c1ccn(C(F)(F)F)n1. The number of hydrogen-bond donors (Lipinski definition) is 0. The summed E-state index contributed by atoms with van der Waals surface area (Å²) in [6.07, 6.45) is -3.95. The molecule has 0 atom stereocenters. The minimum atomic E-state index is -4.61. The summed E-state index contributed by atoms with van der Waals surface area (Å²) in [5.41, 5.74) is -0.357. The molecule has 1 aromatic heterocycles. The third-order valence-electron chi connectivity index (χ3n) is 1.33. The molecule has 4 nitrogen and oxygen atoms in total. The van der Waals surface area contributed by atoms with Crippen molar-refractivity contribution in [3.05, 3.63) is 18.0 Å². The number of halogens is 3. The Morgan fingerprint density at radius 2 is 2.29 bits per heavy atom. The van der Waals surface area contributed by atoms with E-state index in [0.717, 1.165) is 6.07 Å². The van der Waals surface area contributed by atoms with Crippen LogP contribution < -0.4 is 0 Å². The molecule has 14 heavy (non-hydrogen) atoms. The van der Waals surface area contributed by atoms with Gasteiger partial charge in [0, 0.05) is 6.20 Å². The van der Waals surface area contributed by atoms with Gasteiger partial charge in [-0.15, -0.1) is 13.2 Å². The maximum absolute atomic E-state index is 12.0. The van der Waals surface area contributed by atoms with E-state index >= 15 is 0 Å². The molecule has 0 amide bonds. The molecule has 0 spiro atoms. The molecular weight excluding hydrogens is 201 g/mol. The van der Waals surface area contributed by atoms with Gasteiger partial charge in [0.2, 0.25) is 0 Å². The summed E-state index contributed by atoms with van der Waals surface area (Å²) in [6, 6.07) is 0.950. The van der Waals surface area contributed by atoms with Crippen LogP contribution in [-0.2, 0) is 11.0 Å². The zero-order valence-electron chi connectivity index (χ0n) is 7.21. The Hall–Kier alpha value is -1.53. The van der Waals surface area contributed by atoms with Gasteiger partial charge in [0.25, 0.3) is 0 Å². The Labute approximate surface area is 77.3 Å². The molecule has 0 fully saturated rings. The summed E-state index contributed by atoms with van der Waals surface area (Å²) in [4.78, 5) is 10.9. The summed E-state index contributed by atoms with van der Waals surface area (Å²) in [7, 11) is 0. The summed E-state index contributed by atoms with van der Waals surface area (Å²) in [5, 5.41) is 3.02. The lowest BCUT2D eigenvalue weighted by Gasteiger charge is -2.04. The number of nitrogens with zero attached hydrogens (tertiary/aromatic N) is 2. The van der Waals surface area contributed by atoms with E-state index in [2.05, 4.69) is 9.84 Å². The van der Waals surface area contributed by atoms with Crippen LogP contribution in [-0.4, -0.2) is 22.4 Å². The van der Waals surface area contributed by atoms with E-state index in [0.29, 0.717) is 6.20 Å². The van der Waals surface area contributed by atoms with E-state index in [1.165, 1.54) is 0 Å². The minimum Gasteiger partial charge on any atom is -0.461 e. The van der Waals surface area contributed by atoms with Crippen LogP contribution in [0.25, 0.3) is 0 Å². The molecule has 0 aliphatic carbocycles.